The van der Waals surface area contributed by atoms with Crippen molar-refractivity contribution in [2.45, 2.75) is 4.90 Å². The third-order valence-corrected chi connectivity index (χ3v) is 3.15. The predicted molar refractivity (Wildman–Crippen MR) is 76.8 cm³/mol. The highest BCUT2D eigenvalue weighted by atomic mass is 32.2. The molecule has 1 aromatic carbocycles. The van der Waals surface area contributed by atoms with Crippen molar-refractivity contribution in [1.29, 1.82) is 0 Å². The minimum Gasteiger partial charge on any atom is -0.384 e. The summed E-state index contributed by atoms with van der Waals surface area (Å²) in [7, 11) is 0. The lowest BCUT2D eigenvalue weighted by molar-refractivity contribution is -0.384. The van der Waals surface area contributed by atoms with Crippen LogP contribution in [0.15, 0.2) is 41.3 Å². The zero-order valence-corrected chi connectivity index (χ0v) is 11.0. The summed E-state index contributed by atoms with van der Waals surface area (Å²) in [6.45, 7) is 0. The molecule has 0 aliphatic rings. The first-order chi connectivity index (χ1) is 9.10. The molecule has 2 aromatic rings. The highest BCUT2D eigenvalue weighted by molar-refractivity contribution is 7.98. The van der Waals surface area contributed by atoms with Gasteiger partial charge in [0.1, 0.15) is 5.82 Å². The van der Waals surface area contributed by atoms with E-state index in [9.17, 15) is 10.1 Å². The summed E-state index contributed by atoms with van der Waals surface area (Å²) >= 11 is 1.59. The van der Waals surface area contributed by atoms with E-state index in [-0.39, 0.29) is 17.3 Å². The molecule has 3 N–H and O–H groups in total. The first kappa shape index (κ1) is 13.2. The van der Waals surface area contributed by atoms with Crippen molar-refractivity contribution in [3.63, 3.8) is 0 Å². The number of rotatable bonds is 4. The fourth-order valence-electron chi connectivity index (χ4n) is 1.54. The van der Waals surface area contributed by atoms with E-state index in [1.54, 1.807) is 11.8 Å². The molecule has 6 nitrogen and oxygen atoms in total. The van der Waals surface area contributed by atoms with Crippen molar-refractivity contribution < 1.29 is 4.92 Å². The molecule has 19 heavy (non-hydrogen) atoms. The predicted octanol–water partition coefficient (Wildman–Crippen LogP) is 3.04. The van der Waals surface area contributed by atoms with Gasteiger partial charge < -0.3 is 11.1 Å². The van der Waals surface area contributed by atoms with E-state index < -0.39 is 4.92 Å². The summed E-state index contributed by atoms with van der Waals surface area (Å²) in [5, 5.41) is 13.9. The lowest BCUT2D eigenvalue weighted by Gasteiger charge is -2.07. The lowest BCUT2D eigenvalue weighted by atomic mass is 10.3. The Balaban J connectivity index is 2.36. The SMILES string of the molecule is CSc1cccc(Nc2nc(N)ccc2[N+](=O)[O-])c1. The molecule has 0 radical (unpaired) electrons. The van der Waals surface area contributed by atoms with Gasteiger partial charge in [-0.15, -0.1) is 11.8 Å². The topological polar surface area (TPSA) is 94.1 Å². The Hall–Kier alpha value is -2.28. The van der Waals surface area contributed by atoms with E-state index in [1.807, 2.05) is 30.5 Å². The van der Waals surface area contributed by atoms with Gasteiger partial charge in [-0.25, -0.2) is 4.98 Å². The van der Waals surface area contributed by atoms with Crippen molar-refractivity contribution in [2.75, 3.05) is 17.3 Å². The van der Waals surface area contributed by atoms with E-state index in [4.69, 9.17) is 5.73 Å². The molecule has 0 atom stereocenters. The zero-order valence-electron chi connectivity index (χ0n) is 10.2. The van der Waals surface area contributed by atoms with E-state index in [0.717, 1.165) is 10.6 Å². The number of thioether (sulfide) groups is 1. The van der Waals surface area contributed by atoms with Gasteiger partial charge in [0, 0.05) is 16.6 Å². The summed E-state index contributed by atoms with van der Waals surface area (Å²) in [6.07, 6.45) is 1.96. The maximum absolute atomic E-state index is 10.9. The Morgan fingerprint density at radius 3 is 2.84 bits per heavy atom. The summed E-state index contributed by atoms with van der Waals surface area (Å²) in [5.41, 5.74) is 6.18. The van der Waals surface area contributed by atoms with Crippen molar-refractivity contribution >= 4 is 34.8 Å². The number of nitrogens with two attached hydrogens (primary N) is 1. The van der Waals surface area contributed by atoms with Gasteiger partial charge in [-0.3, -0.25) is 10.1 Å². The Labute approximate surface area is 114 Å². The third-order valence-electron chi connectivity index (χ3n) is 2.42. The molecule has 1 heterocycles. The normalized spacial score (nSPS) is 10.2. The van der Waals surface area contributed by atoms with Gasteiger partial charge >= 0.3 is 5.69 Å². The number of hydrogen-bond donors (Lipinski definition) is 2. The quantitative estimate of drug-likeness (QED) is 0.506. The molecule has 0 aliphatic heterocycles. The molecule has 0 unspecified atom stereocenters. The van der Waals surface area contributed by atoms with Crippen molar-refractivity contribution in [3.05, 3.63) is 46.5 Å². The van der Waals surface area contributed by atoms with Crippen LogP contribution in [0.3, 0.4) is 0 Å². The van der Waals surface area contributed by atoms with E-state index >= 15 is 0 Å². The van der Waals surface area contributed by atoms with Crippen molar-refractivity contribution in [3.8, 4) is 0 Å². The summed E-state index contributed by atoms with van der Waals surface area (Å²) < 4.78 is 0. The van der Waals surface area contributed by atoms with Crippen LogP contribution in [0.1, 0.15) is 0 Å². The lowest BCUT2D eigenvalue weighted by Crippen LogP contribution is -2.02. The van der Waals surface area contributed by atoms with Gasteiger partial charge in [0.2, 0.25) is 5.82 Å². The number of pyridine rings is 1. The molecule has 0 amide bonds. The van der Waals surface area contributed by atoms with E-state index in [2.05, 4.69) is 10.3 Å². The van der Waals surface area contributed by atoms with Crippen LogP contribution in [-0.2, 0) is 0 Å². The standard InChI is InChI=1S/C12H12N4O2S/c1-19-9-4-2-3-8(7-9)14-12-10(16(17)18)5-6-11(13)15-12/h2-7H,1H3,(H3,13,14,15). The van der Waals surface area contributed by atoms with Crippen LogP contribution in [0, 0.1) is 10.1 Å². The van der Waals surface area contributed by atoms with Crippen LogP contribution in [0.2, 0.25) is 0 Å². The minimum absolute atomic E-state index is 0.108. The van der Waals surface area contributed by atoms with Gasteiger partial charge in [-0.1, -0.05) is 6.07 Å². The molecule has 0 saturated carbocycles. The zero-order chi connectivity index (χ0) is 13.8. The molecular weight excluding hydrogens is 264 g/mol. The molecule has 98 valence electrons. The highest BCUT2D eigenvalue weighted by Crippen LogP contribution is 2.28. The molecule has 2 rings (SSSR count). The Bertz CT molecular complexity index is 618. The fraction of sp³-hybridized carbons (Fsp3) is 0.0833. The average Bonchev–Trinajstić information content (AvgIpc) is 2.38. The van der Waals surface area contributed by atoms with Gasteiger partial charge in [-0.05, 0) is 30.5 Å². The number of hydrogen-bond acceptors (Lipinski definition) is 6. The number of nitrogens with zero attached hydrogens (tertiary/aromatic N) is 2. The number of aromatic nitrogens is 1. The average molecular weight is 276 g/mol. The van der Waals surface area contributed by atoms with Crippen LogP contribution in [0.5, 0.6) is 0 Å². The van der Waals surface area contributed by atoms with Crippen LogP contribution in [-0.4, -0.2) is 16.2 Å². The number of nitro groups is 1. The Morgan fingerprint density at radius 2 is 2.16 bits per heavy atom. The Kier molecular flexibility index (Phi) is 3.86. The smallest absolute Gasteiger partial charge is 0.311 e. The summed E-state index contributed by atoms with van der Waals surface area (Å²) in [4.78, 5) is 15.4. The molecular formula is C12H12N4O2S. The molecule has 7 heteroatoms. The van der Waals surface area contributed by atoms with Crippen LogP contribution < -0.4 is 11.1 Å². The van der Waals surface area contributed by atoms with E-state index in [0.29, 0.717) is 0 Å². The number of nitrogens with one attached hydrogen (secondary N) is 1. The maximum atomic E-state index is 10.9. The van der Waals surface area contributed by atoms with Gasteiger partial charge in [0.25, 0.3) is 0 Å². The highest BCUT2D eigenvalue weighted by Gasteiger charge is 2.15. The summed E-state index contributed by atoms with van der Waals surface area (Å²) in [5.74, 6) is 0.373. The maximum Gasteiger partial charge on any atom is 0.311 e. The monoisotopic (exact) mass is 276 g/mol. The second-order valence-corrected chi connectivity index (χ2v) is 4.60. The van der Waals surface area contributed by atoms with E-state index in [1.165, 1.54) is 12.1 Å². The number of nitrogen functional groups attached to an aromatic ring is 1. The van der Waals surface area contributed by atoms with Gasteiger partial charge in [-0.2, -0.15) is 0 Å². The molecule has 0 spiro atoms. The fourth-order valence-corrected chi connectivity index (χ4v) is 2.00. The molecule has 0 bridgehead atoms. The van der Waals surface area contributed by atoms with Crippen LogP contribution in [0.25, 0.3) is 0 Å². The minimum atomic E-state index is -0.493. The van der Waals surface area contributed by atoms with Crippen molar-refractivity contribution in [1.82, 2.24) is 4.98 Å². The first-order valence-corrected chi connectivity index (χ1v) is 6.64. The number of benzene rings is 1. The Morgan fingerprint density at radius 1 is 1.37 bits per heavy atom. The van der Waals surface area contributed by atoms with Gasteiger partial charge in [0.05, 0.1) is 4.92 Å². The number of anilines is 3. The molecule has 0 saturated heterocycles. The first-order valence-electron chi connectivity index (χ1n) is 5.42. The van der Waals surface area contributed by atoms with Gasteiger partial charge in [0.15, 0.2) is 0 Å². The summed E-state index contributed by atoms with van der Waals surface area (Å²) in [6, 6.07) is 10.3. The van der Waals surface area contributed by atoms with Crippen molar-refractivity contribution in [2.24, 2.45) is 0 Å². The van der Waals surface area contributed by atoms with Crippen LogP contribution >= 0.6 is 11.8 Å². The van der Waals surface area contributed by atoms with Crippen LogP contribution in [0.4, 0.5) is 23.0 Å². The second kappa shape index (κ2) is 5.57. The second-order valence-electron chi connectivity index (χ2n) is 3.72. The molecule has 0 aliphatic carbocycles. The third kappa shape index (κ3) is 3.14. The largest absolute Gasteiger partial charge is 0.384 e. The molecule has 1 aromatic heterocycles. The molecule has 0 fully saturated rings.